The van der Waals surface area contributed by atoms with Gasteiger partial charge in [-0.05, 0) is 84.3 Å². The van der Waals surface area contributed by atoms with Crippen molar-refractivity contribution in [1.82, 2.24) is 25.3 Å². The van der Waals surface area contributed by atoms with Gasteiger partial charge in [0.25, 0.3) is 0 Å². The molecule has 4 aliphatic rings. The van der Waals surface area contributed by atoms with E-state index in [1.807, 2.05) is 20.8 Å². The van der Waals surface area contributed by atoms with E-state index in [0.29, 0.717) is 16.9 Å². The van der Waals surface area contributed by atoms with Crippen LogP contribution in [0.1, 0.15) is 82.9 Å². The van der Waals surface area contributed by atoms with E-state index in [1.54, 1.807) is 35.3 Å². The number of nitrogens with zero attached hydrogens (tertiary/aromatic N) is 6. The summed E-state index contributed by atoms with van der Waals surface area (Å²) >= 11 is 3.55. The lowest BCUT2D eigenvalue weighted by Crippen LogP contribution is -2.56. The van der Waals surface area contributed by atoms with Crippen LogP contribution in [-0.2, 0) is 17.6 Å². The predicted octanol–water partition coefficient (Wildman–Crippen LogP) is 6.74. The highest BCUT2D eigenvalue weighted by atomic mass is 35.5. The van der Waals surface area contributed by atoms with Crippen LogP contribution >= 0.6 is 35.1 Å². The van der Waals surface area contributed by atoms with Gasteiger partial charge < -0.3 is 30.7 Å². The van der Waals surface area contributed by atoms with Gasteiger partial charge in [0.05, 0.1) is 10.8 Å². The molecule has 8 rings (SSSR count). The minimum atomic E-state index is -0.454. The van der Waals surface area contributed by atoms with Gasteiger partial charge in [0.2, 0.25) is 0 Å². The SMILES string of the molecule is CCc1cc2c(N3CC4(CCC(N)C4)C3)ncnc2s1.CCc1cc2c(N3CC4(CCC(NC(=O)OC(C)(C)C)C4)C3)ncnc2s1.CO.Cl. The molecular formula is C36H53ClN8O3S2. The number of aliphatic hydroxyl groups excluding tert-OH is 1. The second-order valence-corrected chi connectivity index (χ2v) is 17.5. The fourth-order valence-electron chi connectivity index (χ4n) is 8.10. The Morgan fingerprint density at radius 2 is 1.36 bits per heavy atom. The Morgan fingerprint density at radius 3 is 1.80 bits per heavy atom. The Labute approximate surface area is 309 Å². The van der Waals surface area contributed by atoms with Crippen molar-refractivity contribution in [3.8, 4) is 0 Å². The number of thiophene rings is 2. The summed E-state index contributed by atoms with van der Waals surface area (Å²) in [5.74, 6) is 2.18. The van der Waals surface area contributed by atoms with E-state index in [0.717, 1.165) is 86.7 Å². The number of nitrogens with one attached hydrogen (secondary N) is 1. The van der Waals surface area contributed by atoms with Gasteiger partial charge in [0.15, 0.2) is 0 Å². The molecule has 6 heterocycles. The number of carbonyl (C=O) groups is 1. The third-order valence-electron chi connectivity index (χ3n) is 10.3. The van der Waals surface area contributed by atoms with Gasteiger partial charge in [-0.1, -0.05) is 13.8 Å². The summed E-state index contributed by atoms with van der Waals surface area (Å²) in [6.07, 6.45) is 12.0. The Hall–Kier alpha value is -2.84. The molecule has 2 saturated carbocycles. The largest absolute Gasteiger partial charge is 0.444 e. The van der Waals surface area contributed by atoms with E-state index in [9.17, 15) is 4.79 Å². The highest BCUT2D eigenvalue weighted by Crippen LogP contribution is 2.49. The zero-order chi connectivity index (χ0) is 35.0. The molecule has 4 aromatic rings. The lowest BCUT2D eigenvalue weighted by Gasteiger charge is -2.49. The van der Waals surface area contributed by atoms with Crippen molar-refractivity contribution in [1.29, 1.82) is 0 Å². The molecule has 11 nitrogen and oxygen atoms in total. The summed E-state index contributed by atoms with van der Waals surface area (Å²) in [6, 6.07) is 5.12. The van der Waals surface area contributed by atoms with E-state index in [4.69, 9.17) is 15.6 Å². The van der Waals surface area contributed by atoms with Crippen molar-refractivity contribution in [3.63, 3.8) is 0 Å². The Morgan fingerprint density at radius 1 is 0.880 bits per heavy atom. The van der Waals surface area contributed by atoms with Crippen LogP contribution < -0.4 is 20.9 Å². The van der Waals surface area contributed by atoms with E-state index in [2.05, 4.69) is 61.0 Å². The Kier molecular flexibility index (Phi) is 11.8. The molecule has 2 saturated heterocycles. The van der Waals surface area contributed by atoms with Gasteiger partial charge in [-0.3, -0.25) is 0 Å². The number of hydrogen-bond donors (Lipinski definition) is 3. The summed E-state index contributed by atoms with van der Waals surface area (Å²) in [5.41, 5.74) is 6.38. The van der Waals surface area contributed by atoms with Gasteiger partial charge in [-0.25, -0.2) is 24.7 Å². The molecule has 4 N–H and O–H groups in total. The van der Waals surface area contributed by atoms with Crippen molar-refractivity contribution in [3.05, 3.63) is 34.5 Å². The molecular weight excluding hydrogens is 692 g/mol. The normalized spacial score (nSPS) is 21.5. The van der Waals surface area contributed by atoms with E-state index >= 15 is 0 Å². The van der Waals surface area contributed by atoms with Gasteiger partial charge in [0, 0.05) is 66.0 Å². The monoisotopic (exact) mass is 744 g/mol. The maximum Gasteiger partial charge on any atom is 0.407 e. The molecule has 1 amide bonds. The number of anilines is 2. The number of aryl methyl sites for hydroxylation is 2. The van der Waals surface area contributed by atoms with Gasteiger partial charge in [-0.15, -0.1) is 35.1 Å². The van der Waals surface area contributed by atoms with Crippen LogP contribution in [0.4, 0.5) is 16.4 Å². The summed E-state index contributed by atoms with van der Waals surface area (Å²) in [6.45, 7) is 14.3. The molecule has 50 heavy (non-hydrogen) atoms. The maximum atomic E-state index is 12.0. The van der Waals surface area contributed by atoms with Crippen LogP contribution in [0.15, 0.2) is 24.8 Å². The van der Waals surface area contributed by atoms with Crippen LogP contribution in [0.3, 0.4) is 0 Å². The minimum absolute atomic E-state index is 0. The zero-order valence-electron chi connectivity index (χ0n) is 30.2. The molecule has 0 radical (unpaired) electrons. The van der Waals surface area contributed by atoms with Crippen LogP contribution in [0.5, 0.6) is 0 Å². The second kappa shape index (κ2) is 15.4. The van der Waals surface area contributed by atoms with Crippen molar-refractivity contribution in [2.45, 2.75) is 104 Å². The number of carbonyl (C=O) groups excluding carboxylic acids is 1. The number of halogens is 1. The molecule has 2 unspecified atom stereocenters. The summed E-state index contributed by atoms with van der Waals surface area (Å²) < 4.78 is 5.39. The molecule has 4 fully saturated rings. The first-order chi connectivity index (χ1) is 23.5. The standard InChI is InChI=1S/C20H28N4O2S.C15H20N4S.CH4O.ClH/c1-5-14-8-15-16(21-12-22-17(15)27-14)24-10-20(11-24)7-6-13(9-20)23-18(25)26-19(2,3)4;1-2-11-5-12-13(17-9-18-14(12)20-11)19-7-15(8-19)4-3-10(16)6-15;1-2;/h8,12-13H,5-7,9-11H2,1-4H3,(H,23,25);5,9-10H,2-4,6-8,16H2,1H3;2H,1H3;1H. The number of alkyl carbamates (subject to hydrolysis) is 1. The van der Waals surface area contributed by atoms with Crippen LogP contribution in [0.25, 0.3) is 20.4 Å². The molecule has 2 aliphatic heterocycles. The number of ether oxygens (including phenoxy) is 1. The molecule has 2 aliphatic carbocycles. The number of amides is 1. The van der Waals surface area contributed by atoms with Crippen LogP contribution in [-0.4, -0.2) is 82.1 Å². The highest BCUT2D eigenvalue weighted by molar-refractivity contribution is 7.19. The first kappa shape index (κ1) is 38.4. The number of aromatic nitrogens is 4. The third kappa shape index (κ3) is 8.12. The fourth-order valence-corrected chi connectivity index (χ4v) is 9.95. The topological polar surface area (TPSA) is 143 Å². The van der Waals surface area contributed by atoms with Crippen LogP contribution in [0, 0.1) is 10.8 Å². The van der Waals surface area contributed by atoms with Crippen LogP contribution in [0.2, 0.25) is 0 Å². The number of rotatable bonds is 5. The Bertz CT molecular complexity index is 1760. The minimum Gasteiger partial charge on any atom is -0.444 e. The highest BCUT2D eigenvalue weighted by Gasteiger charge is 2.50. The predicted molar refractivity (Wildman–Crippen MR) is 207 cm³/mol. The quantitative estimate of drug-likeness (QED) is 0.201. The lowest BCUT2D eigenvalue weighted by atomic mass is 9.78. The number of aliphatic hydroxyl groups is 1. The van der Waals surface area contributed by atoms with Crippen molar-refractivity contribution < 1.29 is 14.6 Å². The first-order valence-electron chi connectivity index (χ1n) is 17.6. The third-order valence-corrected chi connectivity index (χ3v) is 12.7. The molecule has 2 atom stereocenters. The smallest absolute Gasteiger partial charge is 0.407 e. The molecule has 2 spiro atoms. The molecule has 14 heteroatoms. The van der Waals surface area contributed by atoms with E-state index in [-0.39, 0.29) is 24.5 Å². The zero-order valence-corrected chi connectivity index (χ0v) is 32.6. The number of fused-ring (bicyclic) bond motifs is 2. The van der Waals surface area contributed by atoms with Gasteiger partial charge in [0.1, 0.15) is 39.6 Å². The molecule has 274 valence electrons. The van der Waals surface area contributed by atoms with Gasteiger partial charge >= 0.3 is 6.09 Å². The summed E-state index contributed by atoms with van der Waals surface area (Å²) in [5, 5.41) is 12.5. The average molecular weight is 745 g/mol. The van der Waals surface area contributed by atoms with Crippen molar-refractivity contribution >= 4 is 73.2 Å². The average Bonchev–Trinajstić information content (AvgIpc) is 3.83. The number of hydrogen-bond acceptors (Lipinski definition) is 12. The van der Waals surface area contributed by atoms with Crippen molar-refractivity contribution in [2.24, 2.45) is 16.6 Å². The molecule has 0 aromatic carbocycles. The van der Waals surface area contributed by atoms with E-state index in [1.165, 1.54) is 39.8 Å². The summed E-state index contributed by atoms with van der Waals surface area (Å²) in [4.78, 5) is 39.7. The second-order valence-electron chi connectivity index (χ2n) is 15.3. The van der Waals surface area contributed by atoms with Crippen molar-refractivity contribution in [2.75, 3.05) is 43.1 Å². The fraction of sp³-hybridized carbons (Fsp3) is 0.639. The molecule has 0 bridgehead atoms. The van der Waals surface area contributed by atoms with Gasteiger partial charge in [-0.2, -0.15) is 0 Å². The first-order valence-corrected chi connectivity index (χ1v) is 19.3. The maximum absolute atomic E-state index is 12.0. The summed E-state index contributed by atoms with van der Waals surface area (Å²) in [7, 11) is 1.00. The Balaban J connectivity index is 0.000000188. The van der Waals surface area contributed by atoms with E-state index < -0.39 is 5.60 Å². The number of nitrogens with two attached hydrogens (primary N) is 1. The molecule has 4 aromatic heterocycles. The lowest BCUT2D eigenvalue weighted by molar-refractivity contribution is 0.0501.